The molecule has 2 aromatic rings. The van der Waals surface area contributed by atoms with Gasteiger partial charge in [0.1, 0.15) is 0 Å². The van der Waals surface area contributed by atoms with E-state index in [4.69, 9.17) is 5.11 Å². The number of aliphatic hydroxyl groups is 1. The predicted molar refractivity (Wildman–Crippen MR) is 53.3 cm³/mol. The van der Waals surface area contributed by atoms with Crippen LogP contribution in [0.5, 0.6) is 0 Å². The molecule has 0 fully saturated rings. The number of rotatable bonds is 2. The van der Waals surface area contributed by atoms with Gasteiger partial charge in [-0.25, -0.2) is 4.39 Å². The van der Waals surface area contributed by atoms with Gasteiger partial charge in [-0.2, -0.15) is 13.8 Å². The molecule has 0 aromatic carbocycles. The standard InChI is InChI=1S/C11H7F3N2O/c12-8-4-7(10(13)16-11(8)14)9-3-6(5-17)1-2-15-9/h1-4,17H,5H2. The normalized spacial score (nSPS) is 10.6. The number of halogens is 3. The minimum absolute atomic E-state index is 0.0838. The van der Waals surface area contributed by atoms with Gasteiger partial charge in [0.25, 0.3) is 5.95 Å². The number of pyridine rings is 2. The van der Waals surface area contributed by atoms with E-state index in [0.29, 0.717) is 11.6 Å². The summed E-state index contributed by atoms with van der Waals surface area (Å²) in [5.41, 5.74) is 0.318. The van der Waals surface area contributed by atoms with Crippen LogP contribution in [-0.4, -0.2) is 15.1 Å². The molecule has 0 aliphatic rings. The van der Waals surface area contributed by atoms with Crippen molar-refractivity contribution in [2.45, 2.75) is 6.61 Å². The Morgan fingerprint density at radius 2 is 1.88 bits per heavy atom. The Bertz CT molecular complexity index is 560. The molecule has 3 nitrogen and oxygen atoms in total. The van der Waals surface area contributed by atoms with Crippen LogP contribution in [0.3, 0.4) is 0 Å². The lowest BCUT2D eigenvalue weighted by Gasteiger charge is -2.04. The number of hydrogen-bond donors (Lipinski definition) is 1. The van der Waals surface area contributed by atoms with Crippen LogP contribution < -0.4 is 0 Å². The highest BCUT2D eigenvalue weighted by Crippen LogP contribution is 2.22. The maximum atomic E-state index is 13.3. The van der Waals surface area contributed by atoms with Gasteiger partial charge in [0, 0.05) is 6.20 Å². The highest BCUT2D eigenvalue weighted by atomic mass is 19.2. The van der Waals surface area contributed by atoms with Gasteiger partial charge < -0.3 is 5.11 Å². The summed E-state index contributed by atoms with van der Waals surface area (Å²) < 4.78 is 38.9. The summed E-state index contributed by atoms with van der Waals surface area (Å²) in [5.74, 6) is -3.89. The van der Waals surface area contributed by atoms with Gasteiger partial charge in [-0.3, -0.25) is 4.98 Å². The van der Waals surface area contributed by atoms with E-state index in [9.17, 15) is 13.2 Å². The van der Waals surface area contributed by atoms with Gasteiger partial charge in [-0.15, -0.1) is 0 Å². The number of aliphatic hydroxyl groups excluding tert-OH is 1. The Kier molecular flexibility index (Phi) is 3.06. The average Bonchev–Trinajstić information content (AvgIpc) is 2.34. The topological polar surface area (TPSA) is 46.0 Å². The molecule has 0 bridgehead atoms. The van der Waals surface area contributed by atoms with Gasteiger partial charge in [0.15, 0.2) is 5.82 Å². The molecule has 0 aliphatic heterocycles. The van der Waals surface area contributed by atoms with E-state index in [2.05, 4.69) is 9.97 Å². The molecule has 0 amide bonds. The smallest absolute Gasteiger partial charge is 0.251 e. The van der Waals surface area contributed by atoms with Crippen molar-refractivity contribution in [2.24, 2.45) is 0 Å². The third-order valence-electron chi connectivity index (χ3n) is 2.17. The minimum atomic E-state index is -1.50. The largest absolute Gasteiger partial charge is 0.392 e. The van der Waals surface area contributed by atoms with E-state index >= 15 is 0 Å². The average molecular weight is 240 g/mol. The summed E-state index contributed by atoms with van der Waals surface area (Å²) in [4.78, 5) is 6.60. The zero-order chi connectivity index (χ0) is 12.4. The molecular weight excluding hydrogens is 233 g/mol. The van der Waals surface area contributed by atoms with Crippen LogP contribution in [0.25, 0.3) is 11.3 Å². The van der Waals surface area contributed by atoms with Gasteiger partial charge in [0.2, 0.25) is 5.95 Å². The van der Waals surface area contributed by atoms with Crippen LogP contribution in [0, 0.1) is 17.7 Å². The van der Waals surface area contributed by atoms with Crippen molar-refractivity contribution < 1.29 is 18.3 Å². The highest BCUT2D eigenvalue weighted by molar-refractivity contribution is 5.59. The van der Waals surface area contributed by atoms with Crippen LogP contribution in [0.4, 0.5) is 13.2 Å². The maximum absolute atomic E-state index is 13.3. The second-order valence-corrected chi connectivity index (χ2v) is 3.31. The Morgan fingerprint density at radius 1 is 1.12 bits per heavy atom. The Hall–Kier alpha value is -1.95. The van der Waals surface area contributed by atoms with Crippen molar-refractivity contribution in [3.63, 3.8) is 0 Å². The molecule has 1 N–H and O–H groups in total. The lowest BCUT2D eigenvalue weighted by Crippen LogP contribution is -1.98. The van der Waals surface area contributed by atoms with E-state index in [1.807, 2.05) is 0 Å². The van der Waals surface area contributed by atoms with Crippen LogP contribution in [0.15, 0.2) is 24.4 Å². The first-order chi connectivity index (χ1) is 8.11. The van der Waals surface area contributed by atoms with Gasteiger partial charge in [-0.1, -0.05) is 0 Å². The first-order valence-electron chi connectivity index (χ1n) is 4.69. The molecule has 2 aromatic heterocycles. The number of aromatic nitrogens is 2. The monoisotopic (exact) mass is 240 g/mol. The lowest BCUT2D eigenvalue weighted by molar-refractivity contribution is 0.282. The Morgan fingerprint density at radius 3 is 2.59 bits per heavy atom. The first-order valence-corrected chi connectivity index (χ1v) is 4.69. The summed E-state index contributed by atoms with van der Waals surface area (Å²) in [5, 5.41) is 8.91. The molecule has 0 saturated carbocycles. The molecule has 0 spiro atoms. The summed E-state index contributed by atoms with van der Waals surface area (Å²) in [6.45, 7) is -0.256. The second kappa shape index (κ2) is 4.50. The molecule has 0 aliphatic carbocycles. The molecule has 2 heterocycles. The van der Waals surface area contributed by atoms with Crippen molar-refractivity contribution in [1.82, 2.24) is 9.97 Å². The third-order valence-corrected chi connectivity index (χ3v) is 2.17. The maximum Gasteiger partial charge on any atom is 0.251 e. The Balaban J connectivity index is 2.56. The summed E-state index contributed by atoms with van der Waals surface area (Å²) >= 11 is 0. The van der Waals surface area contributed by atoms with E-state index in [1.54, 1.807) is 0 Å². The van der Waals surface area contributed by atoms with E-state index in [1.165, 1.54) is 18.3 Å². The van der Waals surface area contributed by atoms with Gasteiger partial charge >= 0.3 is 0 Å². The van der Waals surface area contributed by atoms with Crippen LogP contribution in [-0.2, 0) is 6.61 Å². The fourth-order valence-electron chi connectivity index (χ4n) is 1.35. The zero-order valence-corrected chi connectivity index (χ0v) is 8.49. The molecule has 88 valence electrons. The molecule has 0 saturated heterocycles. The third kappa shape index (κ3) is 2.26. The molecule has 0 radical (unpaired) electrons. The SMILES string of the molecule is OCc1ccnc(-c2cc(F)c(F)nc2F)c1. The molecule has 2 rings (SSSR count). The van der Waals surface area contributed by atoms with Crippen molar-refractivity contribution >= 4 is 0 Å². The quantitative estimate of drug-likeness (QED) is 0.817. The van der Waals surface area contributed by atoms with Crippen molar-refractivity contribution in [1.29, 1.82) is 0 Å². The molecule has 17 heavy (non-hydrogen) atoms. The molecule has 0 unspecified atom stereocenters. The molecule has 0 atom stereocenters. The zero-order valence-electron chi connectivity index (χ0n) is 8.49. The van der Waals surface area contributed by atoms with Crippen LogP contribution >= 0.6 is 0 Å². The predicted octanol–water partition coefficient (Wildman–Crippen LogP) is 2.05. The van der Waals surface area contributed by atoms with Crippen molar-refractivity contribution in [3.05, 3.63) is 47.7 Å². The van der Waals surface area contributed by atoms with Crippen molar-refractivity contribution in [3.8, 4) is 11.3 Å². The highest BCUT2D eigenvalue weighted by Gasteiger charge is 2.14. The lowest BCUT2D eigenvalue weighted by atomic mass is 10.1. The Labute approximate surface area is 94.6 Å². The number of hydrogen-bond acceptors (Lipinski definition) is 3. The van der Waals surface area contributed by atoms with Crippen LogP contribution in [0.1, 0.15) is 5.56 Å². The van der Waals surface area contributed by atoms with Crippen molar-refractivity contribution in [2.75, 3.05) is 0 Å². The minimum Gasteiger partial charge on any atom is -0.392 e. The summed E-state index contributed by atoms with van der Waals surface area (Å²) in [6.07, 6.45) is 1.33. The molecule has 6 heteroatoms. The fraction of sp³-hybridized carbons (Fsp3) is 0.0909. The van der Waals surface area contributed by atoms with E-state index in [0.717, 1.165) is 0 Å². The van der Waals surface area contributed by atoms with Gasteiger partial charge in [-0.05, 0) is 23.8 Å². The first kappa shape index (κ1) is 11.5. The van der Waals surface area contributed by atoms with Gasteiger partial charge in [0.05, 0.1) is 17.9 Å². The van der Waals surface area contributed by atoms with E-state index in [-0.39, 0.29) is 17.9 Å². The summed E-state index contributed by atoms with van der Waals surface area (Å²) in [6, 6.07) is 3.58. The fourth-order valence-corrected chi connectivity index (χ4v) is 1.35. The molecular formula is C11H7F3N2O. The van der Waals surface area contributed by atoms with Crippen LogP contribution in [0.2, 0.25) is 0 Å². The summed E-state index contributed by atoms with van der Waals surface area (Å²) in [7, 11) is 0. The number of nitrogens with zero attached hydrogens (tertiary/aromatic N) is 2. The van der Waals surface area contributed by atoms with E-state index < -0.39 is 17.7 Å². The second-order valence-electron chi connectivity index (χ2n) is 3.31.